The van der Waals surface area contributed by atoms with Crippen LogP contribution >= 0.6 is 0 Å². The van der Waals surface area contributed by atoms with Gasteiger partial charge in [0.2, 0.25) is 0 Å². The lowest BCUT2D eigenvalue weighted by molar-refractivity contribution is 1.04. The average molecular weight is 134 g/mol. The molecule has 1 aromatic rings. The maximum absolute atomic E-state index is 4.03. The van der Waals surface area contributed by atoms with E-state index in [4.69, 9.17) is 0 Å². The minimum atomic E-state index is 0.801. The molecule has 1 aromatic heterocycles. The van der Waals surface area contributed by atoms with Gasteiger partial charge >= 0.3 is 0 Å². The van der Waals surface area contributed by atoms with E-state index in [1.54, 1.807) is 0 Å². The van der Waals surface area contributed by atoms with Crippen molar-refractivity contribution >= 4 is 12.7 Å². The van der Waals surface area contributed by atoms with Gasteiger partial charge in [0.05, 0.1) is 5.35 Å². The van der Waals surface area contributed by atoms with Crippen molar-refractivity contribution in [2.45, 2.75) is 13.8 Å². The van der Waals surface area contributed by atoms with Crippen LogP contribution in [-0.2, 0) is 0 Å². The molecule has 2 heteroatoms. The molecule has 0 saturated carbocycles. The molecule has 0 amide bonds. The maximum atomic E-state index is 4.03. The molecule has 10 heavy (non-hydrogen) atoms. The molecular formula is C8H10N2. The van der Waals surface area contributed by atoms with Gasteiger partial charge in [0.15, 0.2) is 0 Å². The molecule has 0 N–H and O–H groups in total. The molecule has 0 unspecified atom stereocenters. The largest absolute Gasteiger partial charge is 0.241 e. The van der Waals surface area contributed by atoms with Gasteiger partial charge in [-0.3, -0.25) is 0 Å². The number of aromatic nitrogens is 2. The van der Waals surface area contributed by atoms with Crippen LogP contribution in [0.1, 0.15) is 12.6 Å². The third-order valence-corrected chi connectivity index (χ3v) is 1.45. The summed E-state index contributed by atoms with van der Waals surface area (Å²) in [6, 6.07) is 0. The normalized spacial score (nSPS) is 12.0. The molecule has 0 saturated heterocycles. The molecule has 0 radical (unpaired) electrons. The molecule has 1 heterocycles. The Morgan fingerprint density at radius 2 is 2.20 bits per heavy atom. The van der Waals surface area contributed by atoms with Gasteiger partial charge in [0.1, 0.15) is 6.33 Å². The Labute approximate surface area is 60.0 Å². The monoisotopic (exact) mass is 134 g/mol. The second-order valence-corrected chi connectivity index (χ2v) is 2.11. The zero-order valence-electron chi connectivity index (χ0n) is 6.26. The van der Waals surface area contributed by atoms with Crippen LogP contribution in [0.25, 0.3) is 12.7 Å². The molecule has 0 fully saturated rings. The average Bonchev–Trinajstić information content (AvgIpc) is 1.88. The van der Waals surface area contributed by atoms with E-state index in [1.807, 2.05) is 19.9 Å². The van der Waals surface area contributed by atoms with Gasteiger partial charge in [0.25, 0.3) is 0 Å². The van der Waals surface area contributed by atoms with Crippen molar-refractivity contribution in [1.82, 2.24) is 9.97 Å². The Balaban J connectivity index is 3.63. The molecule has 0 bridgehead atoms. The van der Waals surface area contributed by atoms with Crippen LogP contribution in [0, 0.1) is 6.92 Å². The van der Waals surface area contributed by atoms with E-state index in [9.17, 15) is 0 Å². The first kappa shape index (κ1) is 6.93. The Morgan fingerprint density at radius 1 is 1.50 bits per heavy atom. The van der Waals surface area contributed by atoms with E-state index in [0.717, 1.165) is 16.3 Å². The van der Waals surface area contributed by atoms with Gasteiger partial charge in [-0.1, -0.05) is 12.7 Å². The SMILES string of the molecule is C=c1ncnc(C)/c1=C/C. The van der Waals surface area contributed by atoms with Crippen LogP contribution in [0.15, 0.2) is 6.33 Å². The van der Waals surface area contributed by atoms with E-state index in [2.05, 4.69) is 16.5 Å². The summed E-state index contributed by atoms with van der Waals surface area (Å²) < 4.78 is 0. The van der Waals surface area contributed by atoms with Crippen molar-refractivity contribution in [2.24, 2.45) is 0 Å². The lowest BCUT2D eigenvalue weighted by Crippen LogP contribution is -2.29. The van der Waals surface area contributed by atoms with Crippen molar-refractivity contribution in [3.8, 4) is 0 Å². The van der Waals surface area contributed by atoms with Gasteiger partial charge in [-0.15, -0.1) is 0 Å². The fourth-order valence-electron chi connectivity index (χ4n) is 0.909. The van der Waals surface area contributed by atoms with Crippen LogP contribution in [-0.4, -0.2) is 9.97 Å². The number of hydrogen-bond donors (Lipinski definition) is 0. The third-order valence-electron chi connectivity index (χ3n) is 1.45. The summed E-state index contributed by atoms with van der Waals surface area (Å²) in [5, 5.41) is 1.84. The zero-order valence-corrected chi connectivity index (χ0v) is 6.26. The minimum Gasteiger partial charge on any atom is -0.241 e. The van der Waals surface area contributed by atoms with Gasteiger partial charge in [-0.2, -0.15) is 0 Å². The molecule has 1 rings (SSSR count). The molecule has 0 spiro atoms. The molecule has 0 atom stereocenters. The van der Waals surface area contributed by atoms with Gasteiger partial charge in [0, 0.05) is 10.9 Å². The summed E-state index contributed by atoms with van der Waals surface area (Å²) in [6.45, 7) is 7.68. The topological polar surface area (TPSA) is 25.8 Å². The number of nitrogens with zero attached hydrogens (tertiary/aromatic N) is 2. The van der Waals surface area contributed by atoms with E-state index in [1.165, 1.54) is 6.33 Å². The molecule has 0 aliphatic carbocycles. The molecule has 0 aromatic carbocycles. The summed E-state index contributed by atoms with van der Waals surface area (Å²) in [5.41, 5.74) is 0.988. The van der Waals surface area contributed by atoms with Gasteiger partial charge in [-0.05, 0) is 13.8 Å². The number of hydrogen-bond acceptors (Lipinski definition) is 2. The van der Waals surface area contributed by atoms with E-state index < -0.39 is 0 Å². The second-order valence-electron chi connectivity index (χ2n) is 2.11. The van der Waals surface area contributed by atoms with E-state index in [0.29, 0.717) is 0 Å². The first-order valence-corrected chi connectivity index (χ1v) is 3.18. The summed E-state index contributed by atoms with van der Waals surface area (Å²) in [6.07, 6.45) is 3.50. The molecule has 52 valence electrons. The number of aryl methyl sites for hydroxylation is 1. The number of rotatable bonds is 0. The fourth-order valence-corrected chi connectivity index (χ4v) is 0.909. The Hall–Kier alpha value is -1.18. The van der Waals surface area contributed by atoms with E-state index in [-0.39, 0.29) is 0 Å². The predicted octanol–water partition coefficient (Wildman–Crippen LogP) is -0.00428. The molecular weight excluding hydrogens is 124 g/mol. The van der Waals surface area contributed by atoms with Crippen molar-refractivity contribution in [3.05, 3.63) is 22.6 Å². The quantitative estimate of drug-likeness (QED) is 0.499. The molecule has 0 aliphatic rings. The maximum Gasteiger partial charge on any atom is 0.116 e. The highest BCUT2D eigenvalue weighted by atomic mass is 14.8. The van der Waals surface area contributed by atoms with Crippen LogP contribution < -0.4 is 10.6 Å². The van der Waals surface area contributed by atoms with Crippen LogP contribution in [0.3, 0.4) is 0 Å². The predicted molar refractivity (Wildman–Crippen MR) is 41.7 cm³/mol. The third kappa shape index (κ3) is 1.05. The summed E-state index contributed by atoms with van der Waals surface area (Å²) in [4.78, 5) is 7.99. The lowest BCUT2D eigenvalue weighted by atomic mass is 10.3. The Bertz CT molecular complexity index is 328. The van der Waals surface area contributed by atoms with Crippen molar-refractivity contribution in [1.29, 1.82) is 0 Å². The van der Waals surface area contributed by atoms with Crippen LogP contribution in [0.2, 0.25) is 0 Å². The van der Waals surface area contributed by atoms with Crippen molar-refractivity contribution < 1.29 is 0 Å². The van der Waals surface area contributed by atoms with Crippen LogP contribution in [0.4, 0.5) is 0 Å². The zero-order chi connectivity index (χ0) is 7.56. The van der Waals surface area contributed by atoms with Crippen molar-refractivity contribution in [3.63, 3.8) is 0 Å². The second kappa shape index (κ2) is 2.60. The highest BCUT2D eigenvalue weighted by Crippen LogP contribution is 1.71. The highest BCUT2D eigenvalue weighted by Gasteiger charge is 1.87. The standard InChI is InChI=1S/C8H10N2/c1-4-8-6(2)9-5-10-7(8)3/h4-5H,2H2,1,3H3/b8-4+. The molecule has 0 aliphatic heterocycles. The van der Waals surface area contributed by atoms with Crippen molar-refractivity contribution in [2.75, 3.05) is 0 Å². The summed E-state index contributed by atoms with van der Waals surface area (Å²) in [7, 11) is 0. The minimum absolute atomic E-state index is 0.801. The highest BCUT2D eigenvalue weighted by molar-refractivity contribution is 5.22. The Kier molecular flexibility index (Phi) is 1.81. The summed E-state index contributed by atoms with van der Waals surface area (Å²) >= 11 is 0. The first-order chi connectivity index (χ1) is 4.75. The van der Waals surface area contributed by atoms with Gasteiger partial charge in [-0.25, -0.2) is 9.97 Å². The van der Waals surface area contributed by atoms with E-state index >= 15 is 0 Å². The van der Waals surface area contributed by atoms with Crippen LogP contribution in [0.5, 0.6) is 0 Å². The first-order valence-electron chi connectivity index (χ1n) is 3.18. The fraction of sp³-hybridized carbons (Fsp3) is 0.250. The Morgan fingerprint density at radius 3 is 2.60 bits per heavy atom. The molecule has 2 nitrogen and oxygen atoms in total. The lowest BCUT2D eigenvalue weighted by Gasteiger charge is -1.90. The summed E-state index contributed by atoms with van der Waals surface area (Å²) in [5.74, 6) is 0. The van der Waals surface area contributed by atoms with Gasteiger partial charge < -0.3 is 0 Å². The smallest absolute Gasteiger partial charge is 0.116 e.